The van der Waals surface area contributed by atoms with Gasteiger partial charge in [0.2, 0.25) is 5.91 Å². The molecule has 1 saturated carbocycles. The number of rotatable bonds is 11. The van der Waals surface area contributed by atoms with Gasteiger partial charge in [0.05, 0.1) is 7.11 Å². The Bertz CT molecular complexity index is 889. The lowest BCUT2D eigenvalue weighted by molar-refractivity contribution is -0.143. The van der Waals surface area contributed by atoms with Crippen LogP contribution < -0.4 is 14.8 Å². The maximum Gasteiger partial charge on any atom is 0.261 e. The minimum Gasteiger partial charge on any atom is -0.497 e. The highest BCUT2D eigenvalue weighted by molar-refractivity contribution is 5.88. The molecule has 2 aromatic rings. The van der Waals surface area contributed by atoms with Crippen molar-refractivity contribution in [3.05, 3.63) is 59.7 Å². The van der Waals surface area contributed by atoms with Crippen LogP contribution >= 0.6 is 0 Å². The summed E-state index contributed by atoms with van der Waals surface area (Å²) in [7, 11) is 1.62. The molecule has 0 radical (unpaired) electrons. The zero-order chi connectivity index (χ0) is 23.6. The molecule has 1 fully saturated rings. The molecule has 178 valence electrons. The topological polar surface area (TPSA) is 67.9 Å². The predicted molar refractivity (Wildman–Crippen MR) is 129 cm³/mol. The van der Waals surface area contributed by atoms with Crippen LogP contribution in [0.1, 0.15) is 57.1 Å². The van der Waals surface area contributed by atoms with Crippen LogP contribution in [-0.2, 0) is 22.6 Å². The number of hydrogen-bond donors (Lipinski definition) is 1. The summed E-state index contributed by atoms with van der Waals surface area (Å²) in [4.78, 5) is 28.1. The van der Waals surface area contributed by atoms with E-state index in [4.69, 9.17) is 9.47 Å². The number of carbonyl (C=O) groups excluding carboxylic acids is 2. The SMILES string of the molecule is CCc1ccc(OCC(=O)N(Cc2ccc(OC)cc2)[C@@H](CC)C(=O)NC2CCCC2)cc1. The summed E-state index contributed by atoms with van der Waals surface area (Å²) >= 11 is 0. The van der Waals surface area contributed by atoms with Crippen LogP contribution in [0.4, 0.5) is 0 Å². The molecule has 0 saturated heterocycles. The Kier molecular flexibility index (Phi) is 9.16. The first-order chi connectivity index (χ1) is 16.0. The molecule has 0 unspecified atom stereocenters. The minimum atomic E-state index is -0.550. The zero-order valence-electron chi connectivity index (χ0n) is 20.0. The lowest BCUT2D eigenvalue weighted by Gasteiger charge is -2.31. The molecule has 0 spiro atoms. The van der Waals surface area contributed by atoms with Crippen LogP contribution in [0.25, 0.3) is 0 Å². The fourth-order valence-electron chi connectivity index (χ4n) is 4.26. The van der Waals surface area contributed by atoms with E-state index in [1.165, 1.54) is 5.56 Å². The van der Waals surface area contributed by atoms with Crippen LogP contribution in [0.15, 0.2) is 48.5 Å². The monoisotopic (exact) mass is 452 g/mol. The molecule has 3 rings (SSSR count). The van der Waals surface area contributed by atoms with Gasteiger partial charge in [0.15, 0.2) is 6.61 Å². The van der Waals surface area contributed by atoms with Gasteiger partial charge in [0, 0.05) is 12.6 Å². The quantitative estimate of drug-likeness (QED) is 0.545. The third-order valence-electron chi connectivity index (χ3n) is 6.29. The van der Waals surface area contributed by atoms with E-state index in [0.29, 0.717) is 18.7 Å². The molecule has 0 aliphatic heterocycles. The van der Waals surface area contributed by atoms with E-state index in [2.05, 4.69) is 12.2 Å². The molecule has 6 heteroatoms. The third-order valence-corrected chi connectivity index (χ3v) is 6.29. The van der Waals surface area contributed by atoms with Gasteiger partial charge in [-0.3, -0.25) is 9.59 Å². The summed E-state index contributed by atoms with van der Waals surface area (Å²) in [5.41, 5.74) is 2.15. The van der Waals surface area contributed by atoms with Gasteiger partial charge in [-0.25, -0.2) is 0 Å². The van der Waals surface area contributed by atoms with Gasteiger partial charge in [-0.2, -0.15) is 0 Å². The number of methoxy groups -OCH3 is 1. The van der Waals surface area contributed by atoms with Gasteiger partial charge in [-0.05, 0) is 61.1 Å². The van der Waals surface area contributed by atoms with Crippen molar-refractivity contribution in [2.45, 2.75) is 71.0 Å². The summed E-state index contributed by atoms with van der Waals surface area (Å²) in [6.45, 7) is 4.25. The van der Waals surface area contributed by atoms with Gasteiger partial charge in [0.25, 0.3) is 5.91 Å². The maximum atomic E-state index is 13.3. The number of aryl methyl sites for hydroxylation is 1. The fourth-order valence-corrected chi connectivity index (χ4v) is 4.26. The Morgan fingerprint density at radius 1 is 0.970 bits per heavy atom. The lowest BCUT2D eigenvalue weighted by Crippen LogP contribution is -2.52. The number of ether oxygens (including phenoxy) is 2. The largest absolute Gasteiger partial charge is 0.497 e. The Balaban J connectivity index is 1.74. The molecule has 1 aliphatic carbocycles. The molecule has 0 heterocycles. The smallest absolute Gasteiger partial charge is 0.261 e. The van der Waals surface area contributed by atoms with Crippen molar-refractivity contribution >= 4 is 11.8 Å². The highest BCUT2D eigenvalue weighted by Crippen LogP contribution is 2.20. The molecular weight excluding hydrogens is 416 g/mol. The van der Waals surface area contributed by atoms with Crippen LogP contribution in [0.5, 0.6) is 11.5 Å². The molecule has 2 amide bonds. The highest BCUT2D eigenvalue weighted by Gasteiger charge is 2.30. The fraction of sp³-hybridized carbons (Fsp3) is 0.481. The Morgan fingerprint density at radius 2 is 1.58 bits per heavy atom. The zero-order valence-corrected chi connectivity index (χ0v) is 20.0. The first-order valence-electron chi connectivity index (χ1n) is 12.0. The molecule has 33 heavy (non-hydrogen) atoms. The van der Waals surface area contributed by atoms with Crippen molar-refractivity contribution < 1.29 is 19.1 Å². The van der Waals surface area contributed by atoms with Gasteiger partial charge < -0.3 is 19.7 Å². The van der Waals surface area contributed by atoms with Gasteiger partial charge in [-0.15, -0.1) is 0 Å². The van der Waals surface area contributed by atoms with Crippen molar-refractivity contribution in [2.24, 2.45) is 0 Å². The molecule has 1 atom stereocenters. The predicted octanol–water partition coefficient (Wildman–Crippen LogP) is 4.50. The molecule has 1 aliphatic rings. The molecule has 0 aromatic heterocycles. The second-order valence-corrected chi connectivity index (χ2v) is 8.57. The highest BCUT2D eigenvalue weighted by atomic mass is 16.5. The molecule has 2 aromatic carbocycles. The number of nitrogens with zero attached hydrogens (tertiary/aromatic N) is 1. The second-order valence-electron chi connectivity index (χ2n) is 8.57. The molecule has 1 N–H and O–H groups in total. The van der Waals surface area contributed by atoms with E-state index in [-0.39, 0.29) is 24.5 Å². The number of nitrogens with one attached hydrogen (secondary N) is 1. The number of amides is 2. The van der Waals surface area contributed by atoms with E-state index in [9.17, 15) is 9.59 Å². The summed E-state index contributed by atoms with van der Waals surface area (Å²) < 4.78 is 11.0. The first-order valence-corrected chi connectivity index (χ1v) is 12.0. The summed E-state index contributed by atoms with van der Waals surface area (Å²) in [6, 6.07) is 15.0. The van der Waals surface area contributed by atoms with E-state index in [1.807, 2.05) is 55.5 Å². The first kappa shape index (κ1) is 24.6. The standard InChI is InChI=1S/C27H36N2O4/c1-4-20-10-16-24(17-11-20)33-19-26(30)29(18-21-12-14-23(32-3)15-13-21)25(5-2)27(31)28-22-8-6-7-9-22/h10-17,22,25H,4-9,18-19H2,1-3H3,(H,28,31)/t25-/m0/s1. The van der Waals surface area contributed by atoms with Crippen LogP contribution in [0.2, 0.25) is 0 Å². The normalized spacial score (nSPS) is 14.5. The third kappa shape index (κ3) is 6.98. The number of benzene rings is 2. The van der Waals surface area contributed by atoms with Crippen LogP contribution in [0.3, 0.4) is 0 Å². The van der Waals surface area contributed by atoms with Gasteiger partial charge >= 0.3 is 0 Å². The average Bonchev–Trinajstić information content (AvgIpc) is 3.36. The Hall–Kier alpha value is -3.02. The second kappa shape index (κ2) is 12.3. The minimum absolute atomic E-state index is 0.0847. The van der Waals surface area contributed by atoms with E-state index in [0.717, 1.165) is 43.4 Å². The number of carbonyl (C=O) groups is 2. The van der Waals surface area contributed by atoms with Crippen molar-refractivity contribution in [1.29, 1.82) is 0 Å². The molecule has 6 nitrogen and oxygen atoms in total. The average molecular weight is 453 g/mol. The summed E-state index contributed by atoms with van der Waals surface area (Å²) in [5, 5.41) is 3.16. The maximum absolute atomic E-state index is 13.3. The number of hydrogen-bond acceptors (Lipinski definition) is 4. The van der Waals surface area contributed by atoms with Gasteiger partial charge in [-0.1, -0.05) is 51.0 Å². The van der Waals surface area contributed by atoms with Crippen LogP contribution in [0, 0.1) is 0 Å². The van der Waals surface area contributed by atoms with Crippen molar-refractivity contribution in [3.63, 3.8) is 0 Å². The lowest BCUT2D eigenvalue weighted by atomic mass is 10.1. The van der Waals surface area contributed by atoms with Gasteiger partial charge in [0.1, 0.15) is 17.5 Å². The van der Waals surface area contributed by atoms with Crippen molar-refractivity contribution in [1.82, 2.24) is 10.2 Å². The molecule has 0 bridgehead atoms. The van der Waals surface area contributed by atoms with Crippen LogP contribution in [-0.4, -0.2) is 42.5 Å². The van der Waals surface area contributed by atoms with E-state index >= 15 is 0 Å². The Labute approximate surface area is 197 Å². The van der Waals surface area contributed by atoms with E-state index in [1.54, 1.807) is 12.0 Å². The Morgan fingerprint density at radius 3 is 2.15 bits per heavy atom. The summed E-state index contributed by atoms with van der Waals surface area (Å²) in [5.74, 6) is 1.10. The van der Waals surface area contributed by atoms with Crippen molar-refractivity contribution in [2.75, 3.05) is 13.7 Å². The van der Waals surface area contributed by atoms with E-state index < -0.39 is 6.04 Å². The summed E-state index contributed by atoms with van der Waals surface area (Å²) in [6.07, 6.45) is 5.77. The van der Waals surface area contributed by atoms with Crippen molar-refractivity contribution in [3.8, 4) is 11.5 Å². The molecular formula is C27H36N2O4.